The summed E-state index contributed by atoms with van der Waals surface area (Å²) in [5.74, 6) is -0.577. The van der Waals surface area contributed by atoms with E-state index in [1.807, 2.05) is 0 Å². The van der Waals surface area contributed by atoms with Gasteiger partial charge in [-0.2, -0.15) is 13.2 Å². The Hall–Kier alpha value is -3.24. The molecule has 1 N–H and O–H groups in total. The first-order valence-corrected chi connectivity index (χ1v) is 9.35. The maximum atomic E-state index is 13.6. The number of hydrogen-bond acceptors (Lipinski definition) is 5. The molecular formula is C19H18F4N6O. The van der Waals surface area contributed by atoms with Crippen molar-refractivity contribution < 1.29 is 22.4 Å². The lowest BCUT2D eigenvalue weighted by atomic mass is 10.1. The molecule has 3 aromatic rings. The third-order valence-electron chi connectivity index (χ3n) is 4.83. The van der Waals surface area contributed by atoms with Crippen molar-refractivity contribution in [2.75, 3.05) is 18.4 Å². The van der Waals surface area contributed by atoms with E-state index in [1.54, 1.807) is 6.07 Å². The van der Waals surface area contributed by atoms with Crippen LogP contribution in [-0.2, 0) is 4.79 Å². The number of carbonyl (C=O) groups excluding carboxylic acids is 1. The van der Waals surface area contributed by atoms with Crippen molar-refractivity contribution in [2.45, 2.75) is 31.5 Å². The first-order chi connectivity index (χ1) is 14.3. The molecule has 4 rings (SSSR count). The van der Waals surface area contributed by atoms with Crippen molar-refractivity contribution in [1.29, 1.82) is 0 Å². The molecule has 1 aliphatic heterocycles. The molecule has 0 radical (unpaired) electrons. The zero-order chi connectivity index (χ0) is 21.3. The Bertz CT molecular complexity index is 1070. The number of anilines is 1. The number of halogens is 4. The summed E-state index contributed by atoms with van der Waals surface area (Å²) < 4.78 is 52.7. The highest BCUT2D eigenvalue weighted by molar-refractivity contribution is 5.77. The molecule has 11 heteroatoms. The number of amides is 1. The van der Waals surface area contributed by atoms with Crippen molar-refractivity contribution >= 4 is 17.4 Å². The van der Waals surface area contributed by atoms with Crippen LogP contribution in [0.15, 0.2) is 36.8 Å². The predicted molar refractivity (Wildman–Crippen MR) is 100 cm³/mol. The first-order valence-electron chi connectivity index (χ1n) is 9.35. The lowest BCUT2D eigenvalue weighted by Crippen LogP contribution is -2.46. The summed E-state index contributed by atoms with van der Waals surface area (Å²) in [5.41, 5.74) is 1.04. The van der Waals surface area contributed by atoms with E-state index in [9.17, 15) is 22.4 Å². The number of pyridine rings is 1. The SMILES string of the molecule is O=C(CC(F)(F)F)N1CCC[C@@H](Nc2ccnc(-c3cnc4ccc(F)cn34)n2)C1. The van der Waals surface area contributed by atoms with E-state index in [2.05, 4.69) is 20.3 Å². The Morgan fingerprint density at radius 2 is 2.07 bits per heavy atom. The van der Waals surface area contributed by atoms with Crippen LogP contribution in [0.3, 0.4) is 0 Å². The van der Waals surface area contributed by atoms with Gasteiger partial charge in [0.05, 0.1) is 6.20 Å². The van der Waals surface area contributed by atoms with Crippen molar-refractivity contribution in [1.82, 2.24) is 24.3 Å². The van der Waals surface area contributed by atoms with Gasteiger partial charge in [0, 0.05) is 31.5 Å². The van der Waals surface area contributed by atoms with Gasteiger partial charge in [-0.15, -0.1) is 0 Å². The van der Waals surface area contributed by atoms with E-state index < -0.39 is 24.3 Å². The van der Waals surface area contributed by atoms with Crippen LogP contribution < -0.4 is 5.32 Å². The molecule has 3 aromatic heterocycles. The normalized spacial score (nSPS) is 17.3. The molecule has 0 spiro atoms. The topological polar surface area (TPSA) is 75.4 Å². The number of carbonyl (C=O) groups is 1. The Morgan fingerprint density at radius 1 is 1.23 bits per heavy atom. The van der Waals surface area contributed by atoms with Crippen LogP contribution in [0, 0.1) is 5.82 Å². The molecule has 0 bridgehead atoms. The molecule has 158 valence electrons. The second-order valence-electron chi connectivity index (χ2n) is 7.10. The highest BCUT2D eigenvalue weighted by atomic mass is 19.4. The van der Waals surface area contributed by atoms with Crippen molar-refractivity contribution in [3.63, 3.8) is 0 Å². The van der Waals surface area contributed by atoms with Crippen LogP contribution in [0.1, 0.15) is 19.3 Å². The number of piperidine rings is 1. The summed E-state index contributed by atoms with van der Waals surface area (Å²) in [7, 11) is 0. The van der Waals surface area contributed by atoms with Crippen LogP contribution in [-0.4, -0.2) is 55.5 Å². The number of fused-ring (bicyclic) bond motifs is 1. The standard InChI is InChI=1S/C19H18F4N6O/c20-12-3-4-16-25-9-14(29(16)10-12)18-24-6-5-15(27-18)26-13-2-1-7-28(11-13)17(30)8-19(21,22)23/h3-6,9-10,13H,1-2,7-8,11H2,(H,24,26,27)/t13-/m1/s1. The predicted octanol–water partition coefficient (Wildman–Crippen LogP) is 3.29. The van der Waals surface area contributed by atoms with E-state index in [0.29, 0.717) is 42.4 Å². The lowest BCUT2D eigenvalue weighted by Gasteiger charge is -2.33. The van der Waals surface area contributed by atoms with Gasteiger partial charge < -0.3 is 10.2 Å². The van der Waals surface area contributed by atoms with E-state index in [0.717, 1.165) is 0 Å². The Morgan fingerprint density at radius 3 is 2.87 bits per heavy atom. The van der Waals surface area contributed by atoms with Crippen LogP contribution in [0.4, 0.5) is 23.4 Å². The fourth-order valence-electron chi connectivity index (χ4n) is 3.50. The summed E-state index contributed by atoms with van der Waals surface area (Å²) in [5, 5.41) is 3.16. The molecule has 0 saturated carbocycles. The third kappa shape index (κ3) is 4.50. The Labute approximate surface area is 168 Å². The third-order valence-corrected chi connectivity index (χ3v) is 4.83. The second-order valence-corrected chi connectivity index (χ2v) is 7.10. The lowest BCUT2D eigenvalue weighted by molar-refractivity contribution is -0.162. The van der Waals surface area contributed by atoms with Gasteiger partial charge in [-0.1, -0.05) is 0 Å². The minimum atomic E-state index is -4.52. The van der Waals surface area contributed by atoms with E-state index in [-0.39, 0.29) is 12.6 Å². The van der Waals surface area contributed by atoms with Crippen molar-refractivity contribution in [3.05, 3.63) is 42.6 Å². The quantitative estimate of drug-likeness (QED) is 0.653. The molecule has 1 amide bonds. The minimum Gasteiger partial charge on any atom is -0.365 e. The number of aromatic nitrogens is 4. The maximum Gasteiger partial charge on any atom is 0.397 e. The van der Waals surface area contributed by atoms with Gasteiger partial charge >= 0.3 is 6.18 Å². The van der Waals surface area contributed by atoms with Crippen LogP contribution >= 0.6 is 0 Å². The number of nitrogens with zero attached hydrogens (tertiary/aromatic N) is 5. The largest absolute Gasteiger partial charge is 0.397 e. The molecule has 1 fully saturated rings. The first kappa shape index (κ1) is 20.0. The second kappa shape index (κ2) is 7.88. The fourth-order valence-corrected chi connectivity index (χ4v) is 3.50. The zero-order valence-electron chi connectivity index (χ0n) is 15.7. The summed E-state index contributed by atoms with van der Waals surface area (Å²) in [6.07, 6.45) is -0.354. The van der Waals surface area contributed by atoms with Crippen LogP contribution in [0.2, 0.25) is 0 Å². The molecule has 1 atom stereocenters. The van der Waals surface area contributed by atoms with Crippen LogP contribution in [0.5, 0.6) is 0 Å². The zero-order valence-corrected chi connectivity index (χ0v) is 15.7. The summed E-state index contributed by atoms with van der Waals surface area (Å²) in [6.45, 7) is 0.463. The average molecular weight is 422 g/mol. The molecule has 7 nitrogen and oxygen atoms in total. The summed E-state index contributed by atoms with van der Waals surface area (Å²) in [6, 6.07) is 4.23. The van der Waals surface area contributed by atoms with E-state index >= 15 is 0 Å². The maximum absolute atomic E-state index is 13.6. The summed E-state index contributed by atoms with van der Waals surface area (Å²) in [4.78, 5) is 26.0. The monoisotopic (exact) mass is 422 g/mol. The van der Waals surface area contributed by atoms with Gasteiger partial charge in [-0.25, -0.2) is 19.3 Å². The molecule has 1 saturated heterocycles. The van der Waals surface area contributed by atoms with E-state index in [4.69, 9.17) is 0 Å². The van der Waals surface area contributed by atoms with Gasteiger partial charge in [-0.05, 0) is 31.0 Å². The number of alkyl halides is 3. The van der Waals surface area contributed by atoms with Gasteiger partial charge in [0.15, 0.2) is 5.82 Å². The van der Waals surface area contributed by atoms with Gasteiger partial charge in [0.2, 0.25) is 5.91 Å². The van der Waals surface area contributed by atoms with Crippen molar-refractivity contribution in [3.8, 4) is 11.5 Å². The Balaban J connectivity index is 1.49. The number of likely N-dealkylation sites (tertiary alicyclic amines) is 1. The van der Waals surface area contributed by atoms with Crippen molar-refractivity contribution in [2.24, 2.45) is 0 Å². The minimum absolute atomic E-state index is 0.162. The molecule has 30 heavy (non-hydrogen) atoms. The molecule has 0 aliphatic carbocycles. The van der Waals surface area contributed by atoms with Gasteiger partial charge in [0.1, 0.15) is 29.4 Å². The van der Waals surface area contributed by atoms with Gasteiger partial charge in [0.25, 0.3) is 0 Å². The highest BCUT2D eigenvalue weighted by Gasteiger charge is 2.35. The number of nitrogens with one attached hydrogen (secondary N) is 1. The van der Waals surface area contributed by atoms with Crippen LogP contribution in [0.25, 0.3) is 17.2 Å². The molecule has 1 aliphatic rings. The summed E-state index contributed by atoms with van der Waals surface area (Å²) >= 11 is 0. The molecule has 4 heterocycles. The van der Waals surface area contributed by atoms with E-state index in [1.165, 1.54) is 40.0 Å². The number of imidazole rings is 1. The Kier molecular flexibility index (Phi) is 5.27. The number of rotatable bonds is 4. The smallest absolute Gasteiger partial charge is 0.365 e. The molecule has 0 unspecified atom stereocenters. The highest BCUT2D eigenvalue weighted by Crippen LogP contribution is 2.24. The van der Waals surface area contributed by atoms with Gasteiger partial charge in [-0.3, -0.25) is 9.20 Å². The fraction of sp³-hybridized carbons (Fsp3) is 0.368. The number of hydrogen-bond donors (Lipinski definition) is 1. The molecular weight excluding hydrogens is 404 g/mol. The average Bonchev–Trinajstić information content (AvgIpc) is 3.10. The molecule has 0 aromatic carbocycles.